The van der Waals surface area contributed by atoms with Crippen molar-refractivity contribution in [3.63, 3.8) is 0 Å². The standard InChI is InChI=1S/C22H16N2OS2/c1-23-15-8-2-5-11-18(15)27-22(23)14-21(25)24-16-9-3-6-12-19(16)26-20-13-7-4-10-17(20)24/h2-14H,1H3/b22-14-. The molecule has 0 spiro atoms. The van der Waals surface area contributed by atoms with Gasteiger partial charge in [-0.2, -0.15) is 0 Å². The van der Waals surface area contributed by atoms with Gasteiger partial charge < -0.3 is 4.90 Å². The number of hydrogen-bond donors (Lipinski definition) is 0. The Morgan fingerprint density at radius 3 is 1.78 bits per heavy atom. The maximum atomic E-state index is 13.4. The number of carbonyl (C=O) groups is 1. The molecule has 2 aliphatic heterocycles. The first kappa shape index (κ1) is 16.5. The lowest BCUT2D eigenvalue weighted by atomic mass is 10.2. The molecule has 3 aromatic carbocycles. The minimum atomic E-state index is -0.0302. The van der Waals surface area contributed by atoms with Crippen molar-refractivity contribution in [2.24, 2.45) is 0 Å². The van der Waals surface area contributed by atoms with Gasteiger partial charge in [-0.05, 0) is 36.4 Å². The molecule has 0 atom stereocenters. The molecule has 5 rings (SSSR count). The predicted molar refractivity (Wildman–Crippen MR) is 113 cm³/mol. The van der Waals surface area contributed by atoms with E-state index in [-0.39, 0.29) is 5.91 Å². The van der Waals surface area contributed by atoms with Gasteiger partial charge in [0.1, 0.15) is 0 Å². The maximum Gasteiger partial charge on any atom is 0.258 e. The van der Waals surface area contributed by atoms with E-state index < -0.39 is 0 Å². The van der Waals surface area contributed by atoms with Crippen LogP contribution in [0.2, 0.25) is 0 Å². The van der Waals surface area contributed by atoms with Gasteiger partial charge in [0.15, 0.2) is 0 Å². The topological polar surface area (TPSA) is 23.6 Å². The van der Waals surface area contributed by atoms with E-state index in [9.17, 15) is 4.79 Å². The number of hydrogen-bond acceptors (Lipinski definition) is 4. The molecular formula is C22H16N2OS2. The average Bonchev–Trinajstić information content (AvgIpc) is 3.01. The summed E-state index contributed by atoms with van der Waals surface area (Å²) in [6, 6.07) is 24.3. The highest BCUT2D eigenvalue weighted by Crippen LogP contribution is 2.49. The Morgan fingerprint density at radius 2 is 1.22 bits per heavy atom. The lowest BCUT2D eigenvalue weighted by Gasteiger charge is -2.30. The van der Waals surface area contributed by atoms with E-state index in [1.54, 1.807) is 29.6 Å². The van der Waals surface area contributed by atoms with E-state index in [1.165, 1.54) is 4.90 Å². The van der Waals surface area contributed by atoms with E-state index in [2.05, 4.69) is 29.2 Å². The van der Waals surface area contributed by atoms with E-state index in [4.69, 9.17) is 0 Å². The number of rotatable bonds is 1. The van der Waals surface area contributed by atoms with Gasteiger partial charge in [0.2, 0.25) is 0 Å². The molecule has 5 heteroatoms. The zero-order valence-corrected chi connectivity index (χ0v) is 16.3. The Bertz CT molecular complexity index is 1050. The SMILES string of the molecule is CN1/C(=C/C(=O)N2c3ccccc3Sc3ccccc32)Sc2ccccc21. The maximum absolute atomic E-state index is 13.4. The quantitative estimate of drug-likeness (QED) is 0.484. The summed E-state index contributed by atoms with van der Waals surface area (Å²) in [5, 5.41) is 0.939. The number of nitrogens with zero attached hydrogens (tertiary/aromatic N) is 2. The number of fused-ring (bicyclic) bond motifs is 3. The molecule has 0 fully saturated rings. The van der Waals surface area contributed by atoms with Crippen LogP contribution in [0.1, 0.15) is 0 Å². The van der Waals surface area contributed by atoms with Crippen LogP contribution in [0, 0.1) is 0 Å². The van der Waals surface area contributed by atoms with Gasteiger partial charge in [-0.15, -0.1) is 0 Å². The van der Waals surface area contributed by atoms with E-state index in [0.29, 0.717) is 0 Å². The highest BCUT2D eigenvalue weighted by atomic mass is 32.2. The second kappa shape index (κ2) is 6.51. The Morgan fingerprint density at radius 1 is 0.741 bits per heavy atom. The van der Waals surface area contributed by atoms with Crippen molar-refractivity contribution in [2.45, 2.75) is 14.7 Å². The minimum absolute atomic E-state index is 0.0302. The second-order valence-electron chi connectivity index (χ2n) is 6.32. The van der Waals surface area contributed by atoms with Crippen LogP contribution >= 0.6 is 23.5 Å². The van der Waals surface area contributed by atoms with Gasteiger partial charge in [-0.25, -0.2) is 0 Å². The monoisotopic (exact) mass is 388 g/mol. The first-order chi connectivity index (χ1) is 13.2. The number of anilines is 3. The van der Waals surface area contributed by atoms with Crippen molar-refractivity contribution in [3.8, 4) is 0 Å². The molecule has 1 amide bonds. The molecule has 0 bridgehead atoms. The van der Waals surface area contributed by atoms with Crippen molar-refractivity contribution in [3.05, 3.63) is 83.9 Å². The zero-order chi connectivity index (χ0) is 18.4. The van der Waals surface area contributed by atoms with Crippen LogP contribution < -0.4 is 9.80 Å². The van der Waals surface area contributed by atoms with Gasteiger partial charge in [-0.1, -0.05) is 59.9 Å². The van der Waals surface area contributed by atoms with Crippen LogP contribution in [-0.4, -0.2) is 13.0 Å². The van der Waals surface area contributed by atoms with Crippen molar-refractivity contribution in [1.29, 1.82) is 0 Å². The Labute approximate surface area is 166 Å². The van der Waals surface area contributed by atoms with Gasteiger partial charge in [-0.3, -0.25) is 9.69 Å². The van der Waals surface area contributed by atoms with Crippen LogP contribution in [0.5, 0.6) is 0 Å². The van der Waals surface area contributed by atoms with Crippen molar-refractivity contribution in [1.82, 2.24) is 0 Å². The van der Waals surface area contributed by atoms with Crippen molar-refractivity contribution < 1.29 is 4.79 Å². The summed E-state index contributed by atoms with van der Waals surface area (Å²) >= 11 is 3.34. The summed E-state index contributed by atoms with van der Waals surface area (Å²) in [7, 11) is 2.01. The number of carbonyl (C=O) groups excluding carboxylic acids is 1. The molecule has 0 aromatic heterocycles. The zero-order valence-electron chi connectivity index (χ0n) is 14.6. The smallest absolute Gasteiger partial charge is 0.258 e. The van der Waals surface area contributed by atoms with E-state index in [1.807, 2.05) is 60.5 Å². The normalized spacial score (nSPS) is 16.1. The van der Waals surface area contributed by atoms with Crippen LogP contribution in [0.15, 0.2) is 98.6 Å². The van der Waals surface area contributed by atoms with Gasteiger partial charge in [0.25, 0.3) is 5.91 Å². The third kappa shape index (κ3) is 2.74. The molecule has 132 valence electrons. The first-order valence-electron chi connectivity index (χ1n) is 8.65. The third-order valence-corrected chi connectivity index (χ3v) is 6.97. The molecule has 0 unspecified atom stereocenters. The van der Waals surface area contributed by atoms with E-state index >= 15 is 0 Å². The minimum Gasteiger partial charge on any atom is -0.338 e. The third-order valence-electron chi connectivity index (χ3n) is 4.67. The highest BCUT2D eigenvalue weighted by molar-refractivity contribution is 8.03. The van der Waals surface area contributed by atoms with Gasteiger partial charge >= 0.3 is 0 Å². The summed E-state index contributed by atoms with van der Waals surface area (Å²) in [6.45, 7) is 0. The molecule has 0 radical (unpaired) electrons. The van der Waals surface area contributed by atoms with Crippen LogP contribution in [-0.2, 0) is 4.79 Å². The van der Waals surface area contributed by atoms with Crippen LogP contribution in [0.3, 0.4) is 0 Å². The molecular weight excluding hydrogens is 372 g/mol. The molecule has 0 aliphatic carbocycles. The number of para-hydroxylation sites is 3. The highest BCUT2D eigenvalue weighted by Gasteiger charge is 2.29. The molecule has 27 heavy (non-hydrogen) atoms. The molecule has 0 saturated heterocycles. The summed E-state index contributed by atoms with van der Waals surface area (Å²) in [6.07, 6.45) is 1.74. The van der Waals surface area contributed by atoms with Gasteiger partial charge in [0.05, 0.1) is 22.1 Å². The molecule has 2 aliphatic rings. The Hall–Kier alpha value is -2.63. The molecule has 3 nitrogen and oxygen atoms in total. The first-order valence-corrected chi connectivity index (χ1v) is 10.3. The molecule has 3 aromatic rings. The summed E-state index contributed by atoms with van der Waals surface area (Å²) in [4.78, 5) is 20.6. The fourth-order valence-electron chi connectivity index (χ4n) is 3.36. The summed E-state index contributed by atoms with van der Waals surface area (Å²) in [5.41, 5.74) is 3.01. The van der Waals surface area contributed by atoms with E-state index in [0.717, 1.165) is 31.9 Å². The Balaban J connectivity index is 1.57. The lowest BCUT2D eigenvalue weighted by molar-refractivity contribution is -0.113. The molecule has 2 heterocycles. The summed E-state index contributed by atoms with van der Waals surface area (Å²) < 4.78 is 0. The fraction of sp³-hybridized carbons (Fsp3) is 0.0455. The number of benzene rings is 3. The number of thioether (sulfide) groups is 1. The second-order valence-corrected chi connectivity index (χ2v) is 8.47. The predicted octanol–water partition coefficient (Wildman–Crippen LogP) is 5.90. The fourth-order valence-corrected chi connectivity index (χ4v) is 5.49. The van der Waals surface area contributed by atoms with Crippen molar-refractivity contribution >= 4 is 46.5 Å². The van der Waals surface area contributed by atoms with Gasteiger partial charge in [0, 0.05) is 27.8 Å². The van der Waals surface area contributed by atoms with Crippen LogP contribution in [0.25, 0.3) is 0 Å². The largest absolute Gasteiger partial charge is 0.338 e. The molecule has 0 saturated carbocycles. The van der Waals surface area contributed by atoms with Crippen molar-refractivity contribution in [2.75, 3.05) is 16.8 Å². The van der Waals surface area contributed by atoms with Crippen LogP contribution in [0.4, 0.5) is 17.1 Å². The average molecular weight is 389 g/mol. The number of amides is 1. The molecule has 0 N–H and O–H groups in total. The lowest BCUT2D eigenvalue weighted by Crippen LogP contribution is -2.27. The summed E-state index contributed by atoms with van der Waals surface area (Å²) in [5.74, 6) is -0.0302. The Kier molecular flexibility index (Phi) is 3.99.